The Balaban J connectivity index is 0.00000240. The largest absolute Gasteiger partial charge is 0.338 e. The van der Waals surface area contributed by atoms with Crippen molar-refractivity contribution in [3.8, 4) is 0 Å². The van der Waals surface area contributed by atoms with E-state index in [1.165, 1.54) is 5.56 Å². The number of halogens is 1. The van der Waals surface area contributed by atoms with Gasteiger partial charge in [-0.2, -0.15) is 0 Å². The van der Waals surface area contributed by atoms with E-state index in [0.717, 1.165) is 12.8 Å². The Hall–Kier alpha value is -2.57. The normalized spacial score (nSPS) is 20.7. The van der Waals surface area contributed by atoms with Crippen LogP contribution in [0.25, 0.3) is 0 Å². The van der Waals surface area contributed by atoms with Gasteiger partial charge in [0.1, 0.15) is 0 Å². The molecule has 0 unspecified atom stereocenters. The van der Waals surface area contributed by atoms with E-state index in [0.29, 0.717) is 30.9 Å². The fourth-order valence-corrected chi connectivity index (χ4v) is 3.85. The molecule has 1 saturated heterocycles. The van der Waals surface area contributed by atoms with Gasteiger partial charge in [-0.15, -0.1) is 12.4 Å². The van der Waals surface area contributed by atoms with Crippen LogP contribution in [-0.2, 0) is 0 Å². The van der Waals surface area contributed by atoms with Crippen molar-refractivity contribution in [3.05, 3.63) is 65.7 Å². The minimum atomic E-state index is -0.222. The molecule has 0 spiro atoms. The average molecular weight is 415 g/mol. The number of carbonyl (C=O) groups excluding carboxylic acids is 2. The number of hydrogen-bond donors (Lipinski definition) is 3. The first-order valence-corrected chi connectivity index (χ1v) is 9.86. The minimum Gasteiger partial charge on any atom is -0.338 e. The second kappa shape index (κ2) is 9.29. The summed E-state index contributed by atoms with van der Waals surface area (Å²) >= 11 is 0. The molecule has 2 aromatic carbocycles. The highest BCUT2D eigenvalue weighted by Crippen LogP contribution is 2.33. The number of amides is 3. The second-order valence-electron chi connectivity index (χ2n) is 7.68. The zero-order chi connectivity index (χ0) is 19.5. The summed E-state index contributed by atoms with van der Waals surface area (Å²) in [5.41, 5.74) is 8.42. The lowest BCUT2D eigenvalue weighted by Crippen LogP contribution is -2.31. The molecule has 0 bridgehead atoms. The van der Waals surface area contributed by atoms with Gasteiger partial charge in [0.2, 0.25) is 0 Å². The van der Waals surface area contributed by atoms with Gasteiger partial charge < -0.3 is 21.3 Å². The van der Waals surface area contributed by atoms with Crippen molar-refractivity contribution in [2.45, 2.75) is 24.8 Å². The van der Waals surface area contributed by atoms with E-state index in [1.807, 2.05) is 23.1 Å². The summed E-state index contributed by atoms with van der Waals surface area (Å²) in [6.45, 7) is 1.85. The van der Waals surface area contributed by atoms with Crippen molar-refractivity contribution in [3.63, 3.8) is 0 Å². The predicted molar refractivity (Wildman–Crippen MR) is 116 cm³/mol. The molecule has 154 valence electrons. The van der Waals surface area contributed by atoms with E-state index in [4.69, 9.17) is 5.73 Å². The first kappa shape index (κ1) is 21.1. The Morgan fingerprint density at radius 1 is 1.03 bits per heavy atom. The standard InChI is InChI=1S/C22H26N4O2.ClH/c23-12-17-13-26(14-20(17)15-5-2-1-3-6-15)21(27)16-7-4-8-19(11-16)25-22(28)24-18-9-10-18;/h1-8,11,17-18,20H,9-10,12-14,23H2,(H2,24,25,28);1H/t17-,20+;/m1./s1. The maximum atomic E-state index is 13.1. The Kier molecular flexibility index (Phi) is 6.77. The van der Waals surface area contributed by atoms with Gasteiger partial charge in [-0.3, -0.25) is 4.79 Å². The molecule has 2 aliphatic rings. The third-order valence-electron chi connectivity index (χ3n) is 5.54. The second-order valence-corrected chi connectivity index (χ2v) is 7.68. The molecule has 3 amide bonds. The molecule has 1 aliphatic heterocycles. The first-order valence-electron chi connectivity index (χ1n) is 9.86. The van der Waals surface area contributed by atoms with Crippen LogP contribution in [0.2, 0.25) is 0 Å². The monoisotopic (exact) mass is 414 g/mol. The van der Waals surface area contributed by atoms with Crippen molar-refractivity contribution < 1.29 is 9.59 Å². The number of nitrogens with one attached hydrogen (secondary N) is 2. The van der Waals surface area contributed by atoms with Crippen LogP contribution in [0.5, 0.6) is 0 Å². The number of benzene rings is 2. The van der Waals surface area contributed by atoms with Gasteiger partial charge in [0, 0.05) is 36.3 Å². The van der Waals surface area contributed by atoms with E-state index in [9.17, 15) is 9.59 Å². The molecule has 4 rings (SSSR count). The van der Waals surface area contributed by atoms with Crippen LogP contribution in [0.15, 0.2) is 54.6 Å². The molecule has 7 heteroatoms. The maximum absolute atomic E-state index is 13.1. The van der Waals surface area contributed by atoms with Gasteiger partial charge in [0.05, 0.1) is 0 Å². The van der Waals surface area contributed by atoms with Crippen molar-refractivity contribution in [1.29, 1.82) is 0 Å². The summed E-state index contributed by atoms with van der Waals surface area (Å²) in [5, 5.41) is 5.70. The van der Waals surface area contributed by atoms with Gasteiger partial charge in [0.25, 0.3) is 5.91 Å². The Morgan fingerprint density at radius 2 is 1.79 bits per heavy atom. The summed E-state index contributed by atoms with van der Waals surface area (Å²) in [6.07, 6.45) is 2.07. The molecule has 1 heterocycles. The average Bonchev–Trinajstić information content (AvgIpc) is 3.42. The Labute approximate surface area is 177 Å². The van der Waals surface area contributed by atoms with Crippen LogP contribution in [0.1, 0.15) is 34.7 Å². The molecular weight excluding hydrogens is 388 g/mol. The SMILES string of the molecule is Cl.NC[C@@H]1CN(C(=O)c2cccc(NC(=O)NC3CC3)c2)C[C@H]1c1ccccc1. The van der Waals surface area contributed by atoms with Gasteiger partial charge in [-0.05, 0) is 49.1 Å². The van der Waals surface area contributed by atoms with E-state index in [2.05, 4.69) is 22.8 Å². The maximum Gasteiger partial charge on any atom is 0.319 e. The van der Waals surface area contributed by atoms with Gasteiger partial charge >= 0.3 is 6.03 Å². The molecule has 2 atom stereocenters. The summed E-state index contributed by atoms with van der Waals surface area (Å²) in [5.74, 6) is 0.473. The summed E-state index contributed by atoms with van der Waals surface area (Å²) in [6, 6.07) is 17.4. The van der Waals surface area contributed by atoms with Crippen molar-refractivity contribution in [1.82, 2.24) is 10.2 Å². The fraction of sp³-hybridized carbons (Fsp3) is 0.364. The molecule has 2 aromatic rings. The highest BCUT2D eigenvalue weighted by molar-refractivity contribution is 5.97. The van der Waals surface area contributed by atoms with Crippen LogP contribution < -0.4 is 16.4 Å². The van der Waals surface area contributed by atoms with Crippen molar-refractivity contribution >= 4 is 30.0 Å². The third kappa shape index (κ3) is 5.08. The first-order chi connectivity index (χ1) is 13.6. The quantitative estimate of drug-likeness (QED) is 0.702. The smallest absolute Gasteiger partial charge is 0.319 e. The van der Waals surface area contributed by atoms with E-state index >= 15 is 0 Å². The van der Waals surface area contributed by atoms with Gasteiger partial charge in [0.15, 0.2) is 0 Å². The zero-order valence-corrected chi connectivity index (χ0v) is 17.0. The lowest BCUT2D eigenvalue weighted by atomic mass is 9.89. The van der Waals surface area contributed by atoms with Crippen molar-refractivity contribution in [2.24, 2.45) is 11.7 Å². The van der Waals surface area contributed by atoms with Crippen LogP contribution in [-0.4, -0.2) is 42.5 Å². The van der Waals surface area contributed by atoms with E-state index in [1.54, 1.807) is 24.3 Å². The van der Waals surface area contributed by atoms with Crippen molar-refractivity contribution in [2.75, 3.05) is 25.0 Å². The number of anilines is 1. The lowest BCUT2D eigenvalue weighted by Gasteiger charge is -2.17. The van der Waals surface area contributed by atoms with Gasteiger partial charge in [-0.25, -0.2) is 4.79 Å². The highest BCUT2D eigenvalue weighted by atomic mass is 35.5. The van der Waals surface area contributed by atoms with Crippen LogP contribution in [0.4, 0.5) is 10.5 Å². The number of urea groups is 1. The molecule has 1 saturated carbocycles. The molecule has 0 aromatic heterocycles. The number of likely N-dealkylation sites (tertiary alicyclic amines) is 1. The number of carbonyl (C=O) groups is 2. The number of nitrogens with zero attached hydrogens (tertiary/aromatic N) is 1. The highest BCUT2D eigenvalue weighted by Gasteiger charge is 2.35. The fourth-order valence-electron chi connectivity index (χ4n) is 3.85. The predicted octanol–water partition coefficient (Wildman–Crippen LogP) is 3.21. The molecule has 29 heavy (non-hydrogen) atoms. The van der Waals surface area contributed by atoms with E-state index in [-0.39, 0.29) is 42.2 Å². The molecular formula is C22H27ClN4O2. The number of rotatable bonds is 5. The molecule has 0 radical (unpaired) electrons. The Bertz CT molecular complexity index is 857. The Morgan fingerprint density at radius 3 is 2.48 bits per heavy atom. The minimum absolute atomic E-state index is 0. The molecule has 1 aliphatic carbocycles. The van der Waals surface area contributed by atoms with Crippen LogP contribution >= 0.6 is 12.4 Å². The third-order valence-corrected chi connectivity index (χ3v) is 5.54. The van der Waals surface area contributed by atoms with E-state index < -0.39 is 0 Å². The van der Waals surface area contributed by atoms with Crippen LogP contribution in [0.3, 0.4) is 0 Å². The zero-order valence-electron chi connectivity index (χ0n) is 16.2. The molecule has 4 N–H and O–H groups in total. The summed E-state index contributed by atoms with van der Waals surface area (Å²) < 4.78 is 0. The summed E-state index contributed by atoms with van der Waals surface area (Å²) in [7, 11) is 0. The number of hydrogen-bond acceptors (Lipinski definition) is 3. The van der Waals surface area contributed by atoms with Gasteiger partial charge in [-0.1, -0.05) is 36.4 Å². The summed E-state index contributed by atoms with van der Waals surface area (Å²) in [4.78, 5) is 26.9. The topological polar surface area (TPSA) is 87.5 Å². The lowest BCUT2D eigenvalue weighted by molar-refractivity contribution is 0.0786. The van der Waals surface area contributed by atoms with Crippen LogP contribution in [0, 0.1) is 5.92 Å². The molecule has 6 nitrogen and oxygen atoms in total. The number of nitrogens with two attached hydrogens (primary N) is 1. The molecule has 2 fully saturated rings.